The summed E-state index contributed by atoms with van der Waals surface area (Å²) in [5.74, 6) is 1.67. The molecule has 0 saturated carbocycles. The van der Waals surface area contributed by atoms with E-state index in [2.05, 4.69) is 35.1 Å². The number of pyridine rings is 1. The summed E-state index contributed by atoms with van der Waals surface area (Å²) >= 11 is 0. The van der Waals surface area contributed by atoms with Gasteiger partial charge < -0.3 is 19.7 Å². The molecule has 4 rings (SSSR count). The minimum absolute atomic E-state index is 0.0491. The summed E-state index contributed by atoms with van der Waals surface area (Å²) in [6, 6.07) is 8.33. The van der Waals surface area contributed by atoms with E-state index in [1.54, 1.807) is 12.4 Å². The van der Waals surface area contributed by atoms with Gasteiger partial charge in [0.2, 0.25) is 6.79 Å². The van der Waals surface area contributed by atoms with Gasteiger partial charge in [0, 0.05) is 51.2 Å². The van der Waals surface area contributed by atoms with E-state index in [1.165, 1.54) is 5.56 Å². The maximum atomic E-state index is 12.9. The molecule has 3 heterocycles. The van der Waals surface area contributed by atoms with Crippen LogP contribution < -0.4 is 14.8 Å². The molecule has 1 unspecified atom stereocenters. The number of fused-ring (bicyclic) bond motifs is 1. The Morgan fingerprint density at radius 2 is 1.93 bits per heavy atom. The second-order valence-electron chi connectivity index (χ2n) is 7.67. The maximum absolute atomic E-state index is 12.9. The Labute approximate surface area is 171 Å². The monoisotopic (exact) mass is 396 g/mol. The molecule has 0 bridgehead atoms. The third kappa shape index (κ3) is 4.62. The van der Waals surface area contributed by atoms with Gasteiger partial charge in [-0.25, -0.2) is 0 Å². The van der Waals surface area contributed by atoms with Crippen molar-refractivity contribution in [1.82, 2.24) is 14.8 Å². The standard InChI is InChI=1S/C22H28N4O3/c1-3-16(2)24-19-11-18(12-23-13-19)22(27)26-8-6-25(7-9-26)14-17-4-5-20-21(10-17)29-15-28-20/h4-5,10-13,16,24H,3,6-9,14-15H2,1-2H3. The minimum atomic E-state index is 0.0491. The molecule has 0 aliphatic carbocycles. The molecular formula is C22H28N4O3. The third-order valence-electron chi connectivity index (χ3n) is 5.51. The zero-order valence-electron chi connectivity index (χ0n) is 17.1. The molecule has 0 radical (unpaired) electrons. The lowest BCUT2D eigenvalue weighted by Crippen LogP contribution is -2.48. The Kier molecular flexibility index (Phi) is 5.85. The Bertz CT molecular complexity index is 865. The highest BCUT2D eigenvalue weighted by molar-refractivity contribution is 5.94. The van der Waals surface area contributed by atoms with Gasteiger partial charge in [0.15, 0.2) is 11.5 Å². The Morgan fingerprint density at radius 3 is 2.72 bits per heavy atom. The van der Waals surface area contributed by atoms with Crippen LogP contribution in [0.25, 0.3) is 0 Å². The highest BCUT2D eigenvalue weighted by Crippen LogP contribution is 2.32. The summed E-state index contributed by atoms with van der Waals surface area (Å²) in [5.41, 5.74) is 2.73. The quantitative estimate of drug-likeness (QED) is 0.810. The van der Waals surface area contributed by atoms with Crippen LogP contribution in [-0.4, -0.2) is 59.7 Å². The predicted molar refractivity (Wildman–Crippen MR) is 111 cm³/mol. The van der Waals surface area contributed by atoms with E-state index < -0.39 is 0 Å². The first-order valence-electron chi connectivity index (χ1n) is 10.2. The number of amides is 1. The topological polar surface area (TPSA) is 66.9 Å². The van der Waals surface area contributed by atoms with Crippen LogP contribution in [-0.2, 0) is 6.54 Å². The SMILES string of the molecule is CCC(C)Nc1cncc(C(=O)N2CCN(Cc3ccc4c(c3)OCO4)CC2)c1. The molecule has 154 valence electrons. The van der Waals surface area contributed by atoms with Gasteiger partial charge in [-0.1, -0.05) is 13.0 Å². The number of carbonyl (C=O) groups is 1. The van der Waals surface area contributed by atoms with Gasteiger partial charge in [-0.15, -0.1) is 0 Å². The second-order valence-corrected chi connectivity index (χ2v) is 7.67. The van der Waals surface area contributed by atoms with E-state index in [0.717, 1.165) is 43.2 Å². The van der Waals surface area contributed by atoms with Gasteiger partial charge in [-0.05, 0) is 37.1 Å². The smallest absolute Gasteiger partial charge is 0.255 e. The molecule has 1 aromatic carbocycles. The van der Waals surface area contributed by atoms with Crippen LogP contribution in [0.2, 0.25) is 0 Å². The van der Waals surface area contributed by atoms with Gasteiger partial charge in [0.05, 0.1) is 11.3 Å². The molecule has 1 aromatic heterocycles. The molecule has 1 fully saturated rings. The summed E-state index contributed by atoms with van der Waals surface area (Å²) in [5, 5.41) is 3.38. The van der Waals surface area contributed by atoms with E-state index in [9.17, 15) is 4.79 Å². The molecule has 2 aromatic rings. The predicted octanol–water partition coefficient (Wildman–Crippen LogP) is 2.98. The lowest BCUT2D eigenvalue weighted by atomic mass is 10.1. The number of piperazine rings is 1. The van der Waals surface area contributed by atoms with Gasteiger partial charge >= 0.3 is 0 Å². The first-order valence-corrected chi connectivity index (χ1v) is 10.2. The Morgan fingerprint density at radius 1 is 1.14 bits per heavy atom. The summed E-state index contributed by atoms with van der Waals surface area (Å²) in [4.78, 5) is 21.4. The second kappa shape index (κ2) is 8.69. The summed E-state index contributed by atoms with van der Waals surface area (Å²) in [6.45, 7) is 8.50. The highest BCUT2D eigenvalue weighted by Gasteiger charge is 2.23. The fraction of sp³-hybridized carbons (Fsp3) is 0.455. The number of nitrogens with zero attached hydrogens (tertiary/aromatic N) is 3. The molecule has 7 heteroatoms. The van der Waals surface area contributed by atoms with Crippen LogP contribution in [0.1, 0.15) is 36.2 Å². The lowest BCUT2D eigenvalue weighted by molar-refractivity contribution is 0.0628. The van der Waals surface area contributed by atoms with Crippen LogP contribution in [0.5, 0.6) is 11.5 Å². The van der Waals surface area contributed by atoms with E-state index >= 15 is 0 Å². The van der Waals surface area contributed by atoms with Crippen LogP contribution in [0.4, 0.5) is 5.69 Å². The van der Waals surface area contributed by atoms with Crippen molar-refractivity contribution < 1.29 is 14.3 Å². The van der Waals surface area contributed by atoms with Gasteiger partial charge in [0.1, 0.15) is 0 Å². The third-order valence-corrected chi connectivity index (χ3v) is 5.51. The van der Waals surface area contributed by atoms with Crippen LogP contribution >= 0.6 is 0 Å². The van der Waals surface area contributed by atoms with Crippen molar-refractivity contribution in [3.8, 4) is 11.5 Å². The number of rotatable bonds is 6. The number of hydrogen-bond acceptors (Lipinski definition) is 6. The normalized spacial score (nSPS) is 17.2. The van der Waals surface area contributed by atoms with Crippen molar-refractivity contribution in [3.05, 3.63) is 47.8 Å². The summed E-state index contributed by atoms with van der Waals surface area (Å²) in [6.07, 6.45) is 4.44. The van der Waals surface area contributed by atoms with E-state index in [4.69, 9.17) is 9.47 Å². The highest BCUT2D eigenvalue weighted by atomic mass is 16.7. The average molecular weight is 396 g/mol. The molecule has 1 amide bonds. The van der Waals surface area contributed by atoms with Gasteiger partial charge in [-0.3, -0.25) is 14.7 Å². The molecule has 0 spiro atoms. The molecular weight excluding hydrogens is 368 g/mol. The first-order chi connectivity index (χ1) is 14.1. The van der Waals surface area contributed by atoms with Gasteiger partial charge in [-0.2, -0.15) is 0 Å². The van der Waals surface area contributed by atoms with Crippen molar-refractivity contribution in [2.24, 2.45) is 0 Å². The van der Waals surface area contributed by atoms with E-state index in [1.807, 2.05) is 23.1 Å². The summed E-state index contributed by atoms with van der Waals surface area (Å²) in [7, 11) is 0. The fourth-order valence-electron chi connectivity index (χ4n) is 3.61. The molecule has 1 atom stereocenters. The number of anilines is 1. The fourth-order valence-corrected chi connectivity index (χ4v) is 3.61. The van der Waals surface area contributed by atoms with E-state index in [0.29, 0.717) is 31.5 Å². The molecule has 29 heavy (non-hydrogen) atoms. The average Bonchev–Trinajstić information content (AvgIpc) is 3.22. The minimum Gasteiger partial charge on any atom is -0.454 e. The molecule has 2 aliphatic heterocycles. The Hall–Kier alpha value is -2.80. The van der Waals surface area contributed by atoms with Crippen LogP contribution in [0, 0.1) is 0 Å². The van der Waals surface area contributed by atoms with Gasteiger partial charge in [0.25, 0.3) is 5.91 Å². The summed E-state index contributed by atoms with van der Waals surface area (Å²) < 4.78 is 10.8. The van der Waals surface area contributed by atoms with Crippen LogP contribution in [0.3, 0.4) is 0 Å². The molecule has 1 N–H and O–H groups in total. The molecule has 1 saturated heterocycles. The zero-order chi connectivity index (χ0) is 20.2. The zero-order valence-corrected chi connectivity index (χ0v) is 17.1. The van der Waals surface area contributed by atoms with Crippen molar-refractivity contribution in [1.29, 1.82) is 0 Å². The van der Waals surface area contributed by atoms with E-state index in [-0.39, 0.29) is 5.91 Å². The number of nitrogens with one attached hydrogen (secondary N) is 1. The lowest BCUT2D eigenvalue weighted by Gasteiger charge is -2.34. The van der Waals surface area contributed by atoms with Crippen molar-refractivity contribution in [2.45, 2.75) is 32.9 Å². The number of hydrogen-bond donors (Lipinski definition) is 1. The van der Waals surface area contributed by atoms with Crippen molar-refractivity contribution >= 4 is 11.6 Å². The van der Waals surface area contributed by atoms with Crippen molar-refractivity contribution in [3.63, 3.8) is 0 Å². The Balaban J connectivity index is 1.32. The number of carbonyl (C=O) groups excluding carboxylic acids is 1. The number of benzene rings is 1. The molecule has 2 aliphatic rings. The largest absolute Gasteiger partial charge is 0.454 e. The van der Waals surface area contributed by atoms with Crippen molar-refractivity contribution in [2.75, 3.05) is 38.3 Å². The number of aromatic nitrogens is 1. The number of ether oxygens (including phenoxy) is 2. The maximum Gasteiger partial charge on any atom is 0.255 e. The van der Waals surface area contributed by atoms with Crippen LogP contribution in [0.15, 0.2) is 36.7 Å². The molecule has 7 nitrogen and oxygen atoms in total. The first kappa shape index (κ1) is 19.5.